The van der Waals surface area contributed by atoms with Crippen LogP contribution in [-0.2, 0) is 6.42 Å². The molecule has 1 aliphatic carbocycles. The van der Waals surface area contributed by atoms with Crippen molar-refractivity contribution in [3.63, 3.8) is 0 Å². The lowest BCUT2D eigenvalue weighted by atomic mass is 9.89. The minimum atomic E-state index is 0.0104. The molecule has 1 unspecified atom stereocenters. The Hall–Kier alpha value is -2.33. The molecule has 3 aliphatic rings. The summed E-state index contributed by atoms with van der Waals surface area (Å²) in [6.45, 7) is 2.44. The van der Waals surface area contributed by atoms with E-state index < -0.39 is 0 Å². The summed E-state index contributed by atoms with van der Waals surface area (Å²) in [5, 5.41) is 0. The molecule has 0 bridgehead atoms. The highest BCUT2D eigenvalue weighted by Crippen LogP contribution is 2.43. The third-order valence-corrected chi connectivity index (χ3v) is 7.15. The molecular weight excluding hydrogens is 346 g/mol. The number of ether oxygens (including phenoxy) is 1. The molecule has 1 aromatic heterocycles. The second kappa shape index (κ2) is 6.35. The molecule has 1 saturated carbocycles. The number of hydrogen-bond donors (Lipinski definition) is 0. The number of rotatable bonds is 2. The molecule has 3 aromatic rings. The molecule has 2 fully saturated rings. The minimum absolute atomic E-state index is 0.0104. The topological polar surface area (TPSA) is 30.3 Å². The number of likely N-dealkylation sites (tertiary alicyclic amines) is 1. The predicted octanol–water partition coefficient (Wildman–Crippen LogP) is 4.74. The van der Waals surface area contributed by atoms with E-state index in [0.717, 1.165) is 41.4 Å². The maximum Gasteiger partial charge on any atom is 0.125 e. The second-order valence-electron chi connectivity index (χ2n) is 8.83. The van der Waals surface area contributed by atoms with Gasteiger partial charge in [-0.2, -0.15) is 0 Å². The molecule has 2 aromatic carbocycles. The molecule has 28 heavy (non-hydrogen) atoms. The first kappa shape index (κ1) is 16.6. The minimum Gasteiger partial charge on any atom is -0.487 e. The highest BCUT2D eigenvalue weighted by atomic mass is 16.5. The van der Waals surface area contributed by atoms with E-state index >= 15 is 0 Å². The van der Waals surface area contributed by atoms with Crippen molar-refractivity contribution in [1.82, 2.24) is 14.5 Å². The highest BCUT2D eigenvalue weighted by molar-refractivity contribution is 5.77. The van der Waals surface area contributed by atoms with E-state index in [9.17, 15) is 0 Å². The van der Waals surface area contributed by atoms with Crippen LogP contribution in [0, 0.1) is 0 Å². The lowest BCUT2D eigenvalue weighted by molar-refractivity contribution is 0.0694. The molecule has 1 saturated heterocycles. The van der Waals surface area contributed by atoms with E-state index in [2.05, 4.69) is 50.8 Å². The van der Waals surface area contributed by atoms with E-state index in [0.29, 0.717) is 0 Å². The molecular formula is C24H27N3O. The number of imidazole rings is 1. The van der Waals surface area contributed by atoms with Crippen LogP contribution in [0.2, 0.25) is 0 Å². The summed E-state index contributed by atoms with van der Waals surface area (Å²) in [5.41, 5.74) is 4.68. The van der Waals surface area contributed by atoms with Gasteiger partial charge in [0.2, 0.25) is 0 Å². The standard InChI is InChI=1S/C24H27N3O/c1-2-8-22-21(7-1)25-17-27(22)20-10-9-18-16-24(28-23(18)15-20)11-4-13-26(14-12-24)19-5-3-6-19/h1-2,7-10,15,17,19H,3-6,11-14,16H2. The monoisotopic (exact) mass is 373 g/mol. The van der Waals surface area contributed by atoms with Crippen LogP contribution in [0.4, 0.5) is 0 Å². The highest BCUT2D eigenvalue weighted by Gasteiger charge is 2.41. The van der Waals surface area contributed by atoms with Crippen molar-refractivity contribution >= 4 is 11.0 Å². The fraction of sp³-hybridized carbons (Fsp3) is 0.458. The van der Waals surface area contributed by atoms with Gasteiger partial charge in [-0.15, -0.1) is 0 Å². The Balaban J connectivity index is 1.27. The van der Waals surface area contributed by atoms with Crippen molar-refractivity contribution < 1.29 is 4.74 Å². The first-order valence-corrected chi connectivity index (χ1v) is 10.8. The van der Waals surface area contributed by atoms with Crippen molar-refractivity contribution in [3.05, 3.63) is 54.4 Å². The summed E-state index contributed by atoms with van der Waals surface area (Å²) < 4.78 is 8.85. The third-order valence-electron chi connectivity index (χ3n) is 7.15. The Kier molecular flexibility index (Phi) is 3.76. The van der Waals surface area contributed by atoms with Crippen molar-refractivity contribution in [3.8, 4) is 11.4 Å². The molecule has 1 atom stereocenters. The SMILES string of the molecule is c1ccc2c(c1)ncn2-c1ccc2c(c1)OC1(CCCN(C3CCC3)CC1)C2. The van der Waals surface area contributed by atoms with Crippen molar-refractivity contribution in [2.45, 2.75) is 56.6 Å². The first-order valence-electron chi connectivity index (χ1n) is 10.8. The van der Waals surface area contributed by atoms with Crippen LogP contribution < -0.4 is 4.74 Å². The van der Waals surface area contributed by atoms with Crippen LogP contribution in [0.5, 0.6) is 5.75 Å². The average molecular weight is 374 g/mol. The van der Waals surface area contributed by atoms with Crippen molar-refractivity contribution in [2.75, 3.05) is 13.1 Å². The van der Waals surface area contributed by atoms with Gasteiger partial charge >= 0.3 is 0 Å². The fourth-order valence-electron chi connectivity index (χ4n) is 5.30. The van der Waals surface area contributed by atoms with Gasteiger partial charge in [0, 0.05) is 31.5 Å². The molecule has 4 heteroatoms. The van der Waals surface area contributed by atoms with Gasteiger partial charge in [0.15, 0.2) is 0 Å². The number of benzene rings is 2. The quantitative estimate of drug-likeness (QED) is 0.650. The largest absolute Gasteiger partial charge is 0.487 e. The van der Waals surface area contributed by atoms with E-state index in [1.54, 1.807) is 0 Å². The van der Waals surface area contributed by atoms with Crippen molar-refractivity contribution in [2.24, 2.45) is 0 Å². The fourth-order valence-corrected chi connectivity index (χ4v) is 5.30. The van der Waals surface area contributed by atoms with Crippen LogP contribution in [0.1, 0.15) is 44.1 Å². The van der Waals surface area contributed by atoms with E-state index in [1.165, 1.54) is 50.8 Å². The lowest BCUT2D eigenvalue weighted by Gasteiger charge is -2.37. The van der Waals surface area contributed by atoms with E-state index in [1.807, 2.05) is 12.4 Å². The van der Waals surface area contributed by atoms with Gasteiger partial charge in [-0.05, 0) is 56.0 Å². The molecule has 4 nitrogen and oxygen atoms in total. The van der Waals surface area contributed by atoms with Gasteiger partial charge in [-0.25, -0.2) is 4.98 Å². The van der Waals surface area contributed by atoms with Crippen LogP contribution in [0.25, 0.3) is 16.7 Å². The average Bonchev–Trinajstić information content (AvgIpc) is 3.19. The molecule has 6 rings (SSSR count). The lowest BCUT2D eigenvalue weighted by Crippen LogP contribution is -2.42. The van der Waals surface area contributed by atoms with Crippen LogP contribution in [0.15, 0.2) is 48.8 Å². The van der Waals surface area contributed by atoms with Crippen molar-refractivity contribution in [1.29, 1.82) is 0 Å². The molecule has 0 N–H and O–H groups in total. The van der Waals surface area contributed by atoms with Crippen LogP contribution in [0.3, 0.4) is 0 Å². The zero-order chi connectivity index (χ0) is 18.6. The number of hydrogen-bond acceptors (Lipinski definition) is 3. The first-order chi connectivity index (χ1) is 13.8. The normalized spacial score (nSPS) is 25.4. The number of para-hydroxylation sites is 2. The van der Waals surface area contributed by atoms with Gasteiger partial charge in [0.1, 0.15) is 17.7 Å². The van der Waals surface area contributed by atoms with Gasteiger partial charge < -0.3 is 9.64 Å². The summed E-state index contributed by atoms with van der Waals surface area (Å²) in [6.07, 6.45) is 10.8. The molecule has 1 spiro atoms. The maximum atomic E-state index is 6.69. The summed E-state index contributed by atoms with van der Waals surface area (Å²) in [7, 11) is 0. The molecule has 0 amide bonds. The van der Waals surface area contributed by atoms with Gasteiger partial charge in [0.05, 0.1) is 16.7 Å². The van der Waals surface area contributed by atoms with E-state index in [-0.39, 0.29) is 5.60 Å². The molecule has 3 heterocycles. The predicted molar refractivity (Wildman–Crippen MR) is 111 cm³/mol. The van der Waals surface area contributed by atoms with Gasteiger partial charge in [-0.1, -0.05) is 24.6 Å². The zero-order valence-corrected chi connectivity index (χ0v) is 16.3. The van der Waals surface area contributed by atoms with Crippen LogP contribution in [-0.4, -0.2) is 39.2 Å². The molecule has 144 valence electrons. The smallest absolute Gasteiger partial charge is 0.125 e. The van der Waals surface area contributed by atoms with Gasteiger partial charge in [-0.3, -0.25) is 4.57 Å². The Labute approximate surface area is 166 Å². The Morgan fingerprint density at radius 1 is 1.00 bits per heavy atom. The number of fused-ring (bicyclic) bond motifs is 2. The van der Waals surface area contributed by atoms with E-state index in [4.69, 9.17) is 4.74 Å². The Bertz CT molecular complexity index is 1020. The van der Waals surface area contributed by atoms with Crippen LogP contribution >= 0.6 is 0 Å². The Morgan fingerprint density at radius 2 is 1.93 bits per heavy atom. The number of aromatic nitrogens is 2. The Morgan fingerprint density at radius 3 is 2.82 bits per heavy atom. The maximum absolute atomic E-state index is 6.69. The summed E-state index contributed by atoms with van der Waals surface area (Å²) in [6, 6.07) is 15.8. The summed E-state index contributed by atoms with van der Waals surface area (Å²) in [5.74, 6) is 1.08. The van der Waals surface area contributed by atoms with Gasteiger partial charge in [0.25, 0.3) is 0 Å². The third kappa shape index (κ3) is 2.66. The summed E-state index contributed by atoms with van der Waals surface area (Å²) in [4.78, 5) is 7.27. The molecule has 0 radical (unpaired) electrons. The molecule has 2 aliphatic heterocycles. The summed E-state index contributed by atoms with van der Waals surface area (Å²) >= 11 is 0. The number of nitrogens with zero attached hydrogens (tertiary/aromatic N) is 3. The second-order valence-corrected chi connectivity index (χ2v) is 8.83. The zero-order valence-electron chi connectivity index (χ0n) is 16.3.